The van der Waals surface area contributed by atoms with Crippen LogP contribution in [-0.2, 0) is 0 Å². The lowest BCUT2D eigenvalue weighted by molar-refractivity contribution is 0.485. The molecule has 1 aliphatic rings. The van der Waals surface area contributed by atoms with Crippen LogP contribution in [0.15, 0.2) is 58.0 Å². The second-order valence-corrected chi connectivity index (χ2v) is 7.59. The van der Waals surface area contributed by atoms with Crippen LogP contribution >= 0.6 is 11.6 Å². The second-order valence-electron chi connectivity index (χ2n) is 7.18. The lowest BCUT2D eigenvalue weighted by atomic mass is 10.1. The summed E-state index contributed by atoms with van der Waals surface area (Å²) in [4.78, 5) is 19.5. The third-order valence-corrected chi connectivity index (χ3v) is 5.46. The fourth-order valence-corrected chi connectivity index (χ4v) is 3.97. The van der Waals surface area contributed by atoms with Crippen molar-refractivity contribution in [3.8, 4) is 11.5 Å². The van der Waals surface area contributed by atoms with Crippen LogP contribution in [0.3, 0.4) is 0 Å². The average Bonchev–Trinajstić information content (AvgIpc) is 3.13. The van der Waals surface area contributed by atoms with Crippen molar-refractivity contribution in [3.05, 3.63) is 64.2 Å². The molecule has 28 heavy (non-hydrogen) atoms. The molecule has 0 bridgehead atoms. The van der Waals surface area contributed by atoms with Crippen molar-refractivity contribution in [1.29, 1.82) is 0 Å². The monoisotopic (exact) mass is 394 g/mol. The van der Waals surface area contributed by atoms with E-state index in [4.69, 9.17) is 16.0 Å². The van der Waals surface area contributed by atoms with E-state index in [0.717, 1.165) is 30.7 Å². The van der Waals surface area contributed by atoms with Crippen LogP contribution in [0, 0.1) is 0 Å². The van der Waals surface area contributed by atoms with Gasteiger partial charge < -0.3 is 19.0 Å². The Balaban J connectivity index is 1.57. The van der Waals surface area contributed by atoms with Crippen molar-refractivity contribution in [3.63, 3.8) is 0 Å². The maximum absolute atomic E-state index is 12.7. The van der Waals surface area contributed by atoms with Gasteiger partial charge in [-0.2, -0.15) is 0 Å². The number of nitrogens with one attached hydrogen (secondary N) is 1. The molecule has 0 radical (unpaired) electrons. The molecule has 1 aliphatic heterocycles. The highest BCUT2D eigenvalue weighted by molar-refractivity contribution is 6.33. The number of aromatic nitrogens is 2. The van der Waals surface area contributed by atoms with E-state index in [1.807, 2.05) is 41.1 Å². The summed E-state index contributed by atoms with van der Waals surface area (Å²) in [7, 11) is 0. The molecule has 1 aromatic carbocycles. The van der Waals surface area contributed by atoms with Crippen molar-refractivity contribution in [1.82, 2.24) is 14.7 Å². The Kier molecular flexibility index (Phi) is 4.10. The normalized spacial score (nSPS) is 17.5. The second kappa shape index (κ2) is 6.65. The number of imidazole rings is 1. The molecule has 0 amide bonds. The van der Waals surface area contributed by atoms with Crippen LogP contribution in [0.25, 0.3) is 27.9 Å². The van der Waals surface area contributed by atoms with E-state index in [1.54, 1.807) is 6.07 Å². The van der Waals surface area contributed by atoms with Gasteiger partial charge in [-0.3, -0.25) is 0 Å². The van der Waals surface area contributed by atoms with Crippen LogP contribution in [0.4, 0.5) is 5.69 Å². The van der Waals surface area contributed by atoms with Crippen molar-refractivity contribution >= 4 is 33.7 Å². The molecule has 1 N–H and O–H groups in total. The minimum absolute atomic E-state index is 0.360. The van der Waals surface area contributed by atoms with Gasteiger partial charge in [0.1, 0.15) is 5.69 Å². The van der Waals surface area contributed by atoms with Gasteiger partial charge in [0.25, 0.3) is 0 Å². The Labute approximate surface area is 166 Å². The Morgan fingerprint density at radius 3 is 3.00 bits per heavy atom. The van der Waals surface area contributed by atoms with Crippen LogP contribution in [0.2, 0.25) is 5.02 Å². The van der Waals surface area contributed by atoms with Gasteiger partial charge >= 0.3 is 5.63 Å². The van der Waals surface area contributed by atoms with Crippen LogP contribution in [-0.4, -0.2) is 35.1 Å². The fraction of sp³-hybridized carbons (Fsp3) is 0.238. The number of halogens is 1. The molecule has 3 aromatic heterocycles. The van der Waals surface area contributed by atoms with Crippen LogP contribution < -0.4 is 15.8 Å². The molecule has 0 spiro atoms. The smallest absolute Gasteiger partial charge is 0.344 e. The molecule has 5 rings (SSSR count). The molecule has 1 fully saturated rings. The SMILES string of the molecule is CC1CN(c2ccc3cc(-c4cn5cccc(Cl)c5n4)oc(=O)c3c2)CCN1. The summed E-state index contributed by atoms with van der Waals surface area (Å²) in [5.41, 5.74) is 1.89. The number of benzene rings is 1. The van der Waals surface area contributed by atoms with Gasteiger partial charge in [0.05, 0.1) is 10.4 Å². The number of pyridine rings is 1. The first-order valence-electron chi connectivity index (χ1n) is 9.28. The summed E-state index contributed by atoms with van der Waals surface area (Å²) < 4.78 is 7.42. The summed E-state index contributed by atoms with van der Waals surface area (Å²) in [6.07, 6.45) is 3.67. The van der Waals surface area contributed by atoms with Gasteiger partial charge in [-0.15, -0.1) is 0 Å². The van der Waals surface area contributed by atoms with Crippen LogP contribution in [0.1, 0.15) is 6.92 Å². The maximum Gasteiger partial charge on any atom is 0.344 e. The summed E-state index contributed by atoms with van der Waals surface area (Å²) in [6.45, 7) is 4.93. The lowest BCUT2D eigenvalue weighted by Crippen LogP contribution is -2.49. The quantitative estimate of drug-likeness (QED) is 0.563. The highest BCUT2D eigenvalue weighted by Gasteiger charge is 2.17. The predicted octanol–water partition coefficient (Wildman–Crippen LogP) is 3.56. The summed E-state index contributed by atoms with van der Waals surface area (Å²) >= 11 is 6.20. The Morgan fingerprint density at radius 1 is 1.29 bits per heavy atom. The molecule has 0 saturated carbocycles. The number of rotatable bonds is 2. The summed E-state index contributed by atoms with van der Waals surface area (Å²) in [6, 6.07) is 11.9. The zero-order valence-electron chi connectivity index (χ0n) is 15.4. The van der Waals surface area contributed by atoms with E-state index >= 15 is 0 Å². The number of hydrogen-bond acceptors (Lipinski definition) is 5. The first-order chi connectivity index (χ1) is 13.6. The van der Waals surface area contributed by atoms with Gasteiger partial charge in [-0.1, -0.05) is 17.7 Å². The van der Waals surface area contributed by atoms with Gasteiger partial charge in [0.2, 0.25) is 0 Å². The van der Waals surface area contributed by atoms with Crippen molar-refractivity contribution in [2.45, 2.75) is 13.0 Å². The van der Waals surface area contributed by atoms with Gasteiger partial charge in [-0.05, 0) is 42.6 Å². The maximum atomic E-state index is 12.7. The number of fused-ring (bicyclic) bond motifs is 2. The van der Waals surface area contributed by atoms with E-state index < -0.39 is 0 Å². The molecule has 6 nitrogen and oxygen atoms in total. The zero-order chi connectivity index (χ0) is 19.3. The fourth-order valence-electron chi connectivity index (χ4n) is 3.76. The number of hydrogen-bond donors (Lipinski definition) is 1. The highest BCUT2D eigenvalue weighted by Crippen LogP contribution is 2.27. The Hall–Kier alpha value is -2.83. The minimum atomic E-state index is -0.360. The topological polar surface area (TPSA) is 62.8 Å². The molecule has 142 valence electrons. The Bertz CT molecular complexity index is 1250. The molecule has 1 atom stereocenters. The van der Waals surface area contributed by atoms with Crippen molar-refractivity contribution in [2.75, 3.05) is 24.5 Å². The van der Waals surface area contributed by atoms with E-state index in [2.05, 4.69) is 28.2 Å². The first-order valence-corrected chi connectivity index (χ1v) is 9.66. The first kappa shape index (κ1) is 17.3. The van der Waals surface area contributed by atoms with E-state index in [0.29, 0.717) is 33.6 Å². The number of piperazine rings is 1. The van der Waals surface area contributed by atoms with E-state index in [1.165, 1.54) is 0 Å². The number of nitrogens with zero attached hydrogens (tertiary/aromatic N) is 3. The van der Waals surface area contributed by atoms with E-state index in [9.17, 15) is 4.79 Å². The third kappa shape index (κ3) is 2.95. The van der Waals surface area contributed by atoms with Crippen LogP contribution in [0.5, 0.6) is 0 Å². The average molecular weight is 395 g/mol. The van der Waals surface area contributed by atoms with Gasteiger partial charge in [0.15, 0.2) is 11.4 Å². The van der Waals surface area contributed by atoms with E-state index in [-0.39, 0.29) is 5.63 Å². The molecule has 4 aromatic rings. The summed E-state index contributed by atoms with van der Waals surface area (Å²) in [5.74, 6) is 0.431. The molecular weight excluding hydrogens is 376 g/mol. The molecule has 0 aliphatic carbocycles. The zero-order valence-corrected chi connectivity index (χ0v) is 16.1. The molecule has 4 heterocycles. The Morgan fingerprint density at radius 2 is 2.18 bits per heavy atom. The molecule has 1 unspecified atom stereocenters. The minimum Gasteiger partial charge on any atom is -0.421 e. The van der Waals surface area contributed by atoms with Crippen molar-refractivity contribution < 1.29 is 4.42 Å². The molecule has 1 saturated heterocycles. The summed E-state index contributed by atoms with van der Waals surface area (Å²) in [5, 5.41) is 5.39. The number of anilines is 1. The largest absolute Gasteiger partial charge is 0.421 e. The predicted molar refractivity (Wildman–Crippen MR) is 111 cm³/mol. The van der Waals surface area contributed by atoms with Gasteiger partial charge in [-0.25, -0.2) is 9.78 Å². The highest BCUT2D eigenvalue weighted by atomic mass is 35.5. The molecule has 7 heteroatoms. The lowest BCUT2D eigenvalue weighted by Gasteiger charge is -2.33. The standard InChI is InChI=1S/C21H19ClN4O2/c1-13-11-25(8-6-23-13)15-5-4-14-9-19(28-21(27)16(14)10-15)18-12-26-7-2-3-17(22)20(26)24-18/h2-5,7,9-10,12-13,23H,6,8,11H2,1H3. The third-order valence-electron chi connectivity index (χ3n) is 5.17. The van der Waals surface area contributed by atoms with Crippen molar-refractivity contribution in [2.24, 2.45) is 0 Å². The molecular formula is C21H19ClN4O2. The van der Waals surface area contributed by atoms with Gasteiger partial charge in [0, 0.05) is 43.8 Å².